The Morgan fingerprint density at radius 1 is 1.20 bits per heavy atom. The summed E-state index contributed by atoms with van der Waals surface area (Å²) in [7, 11) is 0. The average Bonchev–Trinajstić information content (AvgIpc) is 2.86. The number of azide groups is 1. The Morgan fingerprint density at radius 2 is 1.85 bits per heavy atom. The lowest BCUT2D eigenvalue weighted by Gasteiger charge is -1.99. The molecule has 0 radical (unpaired) electrons. The maximum Gasteiger partial charge on any atom is 0.471 e. The molecule has 104 valence electrons. The van der Waals surface area contributed by atoms with E-state index in [0.717, 1.165) is 11.1 Å². The highest BCUT2D eigenvalue weighted by Crippen LogP contribution is 2.27. The van der Waals surface area contributed by atoms with Gasteiger partial charge in [-0.3, -0.25) is 0 Å². The molecule has 0 amide bonds. The molecular weight excluding hydrogens is 275 g/mol. The van der Waals surface area contributed by atoms with Gasteiger partial charge in [0.05, 0.1) is 6.54 Å². The fourth-order valence-corrected chi connectivity index (χ4v) is 1.50. The van der Waals surface area contributed by atoms with Crippen LogP contribution in [-0.2, 0) is 19.1 Å². The van der Waals surface area contributed by atoms with Crippen molar-refractivity contribution < 1.29 is 17.7 Å². The highest BCUT2D eigenvalue weighted by Gasteiger charge is 2.38. The molecule has 0 aliphatic rings. The zero-order chi connectivity index (χ0) is 14.6. The molecule has 20 heavy (non-hydrogen) atoms. The first kappa shape index (κ1) is 13.9. The third-order valence-electron chi connectivity index (χ3n) is 2.41. The first-order chi connectivity index (χ1) is 9.49. The number of rotatable bonds is 4. The quantitative estimate of drug-likeness (QED) is 0.488. The van der Waals surface area contributed by atoms with Crippen molar-refractivity contribution in [2.75, 3.05) is 0 Å². The van der Waals surface area contributed by atoms with Crippen LogP contribution in [0.15, 0.2) is 33.9 Å². The van der Waals surface area contributed by atoms with Crippen molar-refractivity contribution in [2.24, 2.45) is 5.11 Å². The second kappa shape index (κ2) is 5.62. The summed E-state index contributed by atoms with van der Waals surface area (Å²) in [4.78, 5) is 5.91. The Labute approximate surface area is 110 Å². The smallest absolute Gasteiger partial charge is 0.329 e. The Balaban J connectivity index is 2.06. The molecule has 0 aliphatic heterocycles. The molecule has 2 aromatic rings. The van der Waals surface area contributed by atoms with Crippen LogP contribution in [0.1, 0.15) is 22.8 Å². The Kier molecular flexibility index (Phi) is 3.90. The van der Waals surface area contributed by atoms with E-state index < -0.39 is 12.1 Å². The fraction of sp³-hybridized carbons (Fsp3) is 0.273. The molecule has 1 aromatic carbocycles. The number of benzene rings is 1. The number of alkyl halides is 3. The monoisotopic (exact) mass is 283 g/mol. The minimum atomic E-state index is -4.63. The van der Waals surface area contributed by atoms with Gasteiger partial charge in [0.1, 0.15) is 0 Å². The summed E-state index contributed by atoms with van der Waals surface area (Å²) in [5.41, 5.74) is 9.71. The highest BCUT2D eigenvalue weighted by molar-refractivity contribution is 5.24. The average molecular weight is 283 g/mol. The molecule has 0 atom stereocenters. The van der Waals surface area contributed by atoms with Gasteiger partial charge in [0, 0.05) is 11.3 Å². The first-order valence-electron chi connectivity index (χ1n) is 5.47. The van der Waals surface area contributed by atoms with Crippen molar-refractivity contribution in [2.45, 2.75) is 19.1 Å². The molecule has 0 fully saturated rings. The molecule has 2 rings (SSSR count). The summed E-state index contributed by atoms with van der Waals surface area (Å²) in [6.07, 6.45) is -4.51. The number of halogens is 3. The summed E-state index contributed by atoms with van der Waals surface area (Å²) >= 11 is 0. The van der Waals surface area contributed by atoms with E-state index in [1.807, 2.05) is 0 Å². The second-order valence-electron chi connectivity index (χ2n) is 3.90. The van der Waals surface area contributed by atoms with Crippen LogP contribution in [0, 0.1) is 0 Å². The van der Waals surface area contributed by atoms with Gasteiger partial charge in [-0.2, -0.15) is 18.2 Å². The van der Waals surface area contributed by atoms with E-state index in [1.54, 1.807) is 24.3 Å². The van der Waals surface area contributed by atoms with E-state index in [4.69, 9.17) is 5.53 Å². The van der Waals surface area contributed by atoms with Crippen molar-refractivity contribution in [1.29, 1.82) is 0 Å². The molecule has 0 aliphatic carbocycles. The molecule has 1 heterocycles. The van der Waals surface area contributed by atoms with Crippen LogP contribution in [0.4, 0.5) is 13.2 Å². The normalized spacial score (nSPS) is 11.2. The Bertz CT molecular complexity index is 628. The molecular formula is C11H8F3N5O. The van der Waals surface area contributed by atoms with E-state index >= 15 is 0 Å². The van der Waals surface area contributed by atoms with Crippen LogP contribution in [-0.4, -0.2) is 10.1 Å². The largest absolute Gasteiger partial charge is 0.471 e. The lowest BCUT2D eigenvalue weighted by atomic mass is 10.1. The molecule has 0 N–H and O–H groups in total. The fourth-order valence-electron chi connectivity index (χ4n) is 1.50. The summed E-state index contributed by atoms with van der Waals surface area (Å²) < 4.78 is 41.0. The van der Waals surface area contributed by atoms with Gasteiger partial charge in [-0.15, -0.1) is 0 Å². The third kappa shape index (κ3) is 3.48. The van der Waals surface area contributed by atoms with Gasteiger partial charge < -0.3 is 4.52 Å². The molecule has 0 saturated carbocycles. The Morgan fingerprint density at radius 3 is 2.40 bits per heavy atom. The van der Waals surface area contributed by atoms with Crippen LogP contribution < -0.4 is 0 Å². The van der Waals surface area contributed by atoms with Crippen molar-refractivity contribution in [3.63, 3.8) is 0 Å². The molecule has 6 nitrogen and oxygen atoms in total. The van der Waals surface area contributed by atoms with Crippen molar-refractivity contribution in [3.8, 4) is 0 Å². The molecule has 0 bridgehead atoms. The lowest BCUT2D eigenvalue weighted by molar-refractivity contribution is -0.159. The summed E-state index contributed by atoms with van der Waals surface area (Å²) in [5.74, 6) is -1.40. The maximum absolute atomic E-state index is 12.3. The topological polar surface area (TPSA) is 87.7 Å². The Hall–Kier alpha value is -2.54. The molecule has 9 heteroatoms. The van der Waals surface area contributed by atoms with Gasteiger partial charge in [-0.05, 0) is 16.7 Å². The summed E-state index contributed by atoms with van der Waals surface area (Å²) in [6, 6.07) is 6.83. The molecule has 1 aromatic heterocycles. The van der Waals surface area contributed by atoms with Gasteiger partial charge in [-0.25, -0.2) is 0 Å². The lowest BCUT2D eigenvalue weighted by Crippen LogP contribution is -2.05. The standard InChI is InChI=1S/C11H8F3N5O/c12-11(13,14)10-17-9(18-20-10)5-7-1-3-8(4-2-7)6-16-19-15/h1-4H,5-6H2. The first-order valence-corrected chi connectivity index (χ1v) is 5.47. The predicted molar refractivity (Wildman–Crippen MR) is 61.4 cm³/mol. The highest BCUT2D eigenvalue weighted by atomic mass is 19.4. The predicted octanol–water partition coefficient (Wildman–Crippen LogP) is 3.49. The van der Waals surface area contributed by atoms with Gasteiger partial charge in [-0.1, -0.05) is 34.5 Å². The minimum absolute atomic E-state index is 0.0416. The van der Waals surface area contributed by atoms with E-state index in [2.05, 4.69) is 24.7 Å². The van der Waals surface area contributed by atoms with Crippen molar-refractivity contribution >= 4 is 0 Å². The van der Waals surface area contributed by atoms with Crippen LogP contribution >= 0.6 is 0 Å². The molecule has 0 saturated heterocycles. The summed E-state index contributed by atoms with van der Waals surface area (Å²) in [6.45, 7) is 0.219. The van der Waals surface area contributed by atoms with Gasteiger partial charge in [0.2, 0.25) is 0 Å². The van der Waals surface area contributed by atoms with Crippen molar-refractivity contribution in [1.82, 2.24) is 10.1 Å². The van der Waals surface area contributed by atoms with Gasteiger partial charge in [0.25, 0.3) is 0 Å². The van der Waals surface area contributed by atoms with Gasteiger partial charge >= 0.3 is 12.1 Å². The number of hydrogen-bond acceptors (Lipinski definition) is 4. The van der Waals surface area contributed by atoms with E-state index in [-0.39, 0.29) is 18.8 Å². The number of hydrogen-bond donors (Lipinski definition) is 0. The van der Waals surface area contributed by atoms with Crippen molar-refractivity contribution in [3.05, 3.63) is 57.6 Å². The van der Waals surface area contributed by atoms with Gasteiger partial charge in [0.15, 0.2) is 5.82 Å². The second-order valence-corrected chi connectivity index (χ2v) is 3.90. The van der Waals surface area contributed by atoms with E-state index in [1.165, 1.54) is 0 Å². The number of nitrogens with zero attached hydrogens (tertiary/aromatic N) is 5. The minimum Gasteiger partial charge on any atom is -0.329 e. The zero-order valence-electron chi connectivity index (χ0n) is 10.0. The van der Waals surface area contributed by atoms with Crippen LogP contribution in [0.5, 0.6) is 0 Å². The summed E-state index contributed by atoms with van der Waals surface area (Å²) in [5, 5.41) is 6.68. The SMILES string of the molecule is [N-]=[N+]=NCc1ccc(Cc2noc(C(F)(F)F)n2)cc1. The van der Waals surface area contributed by atoms with E-state index in [0.29, 0.717) is 0 Å². The van der Waals surface area contributed by atoms with Crippen LogP contribution in [0.3, 0.4) is 0 Å². The maximum atomic E-state index is 12.3. The zero-order valence-corrected chi connectivity index (χ0v) is 10.0. The van der Waals surface area contributed by atoms with Crippen LogP contribution in [0.25, 0.3) is 10.4 Å². The molecule has 0 spiro atoms. The van der Waals surface area contributed by atoms with E-state index in [9.17, 15) is 13.2 Å². The number of aromatic nitrogens is 2. The molecule has 0 unspecified atom stereocenters. The van der Waals surface area contributed by atoms with Crippen LogP contribution in [0.2, 0.25) is 0 Å². The third-order valence-corrected chi connectivity index (χ3v) is 2.41.